The first kappa shape index (κ1) is 10.2. The summed E-state index contributed by atoms with van der Waals surface area (Å²) in [5, 5.41) is 32.8. The molecule has 0 fully saturated rings. The average Bonchev–Trinajstić information content (AvgIpc) is 3.01. The number of nitro groups is 3. The van der Waals surface area contributed by atoms with Crippen LogP contribution in [0, 0.1) is 30.3 Å². The van der Waals surface area contributed by atoms with E-state index in [0.29, 0.717) is 12.3 Å². The van der Waals surface area contributed by atoms with E-state index >= 15 is 0 Å². The predicted octanol–water partition coefficient (Wildman–Crippen LogP) is 1.72. The standard InChI is InChI=1S/C11H9N5O7/c1-13-8(5-12-11(13)16(21)22)6-23-10-3-2-7(14(17)18)4-9(10)15(19)20/h2-5H,6H2,1H3/i1D3,6D2. The van der Waals surface area contributed by atoms with E-state index in [0.717, 1.165) is 12.1 Å². The lowest BCUT2D eigenvalue weighted by Gasteiger charge is -2.05. The highest BCUT2D eigenvalue weighted by molar-refractivity contribution is 5.53. The minimum atomic E-state index is -3.22. The number of nitrogens with zero attached hydrogens (tertiary/aromatic N) is 5. The molecule has 1 aromatic heterocycles. The number of imidazole rings is 1. The molecule has 1 aromatic carbocycles. The van der Waals surface area contributed by atoms with Crippen molar-refractivity contribution < 1.29 is 26.4 Å². The van der Waals surface area contributed by atoms with Crippen LogP contribution in [0.15, 0.2) is 24.4 Å². The fourth-order valence-corrected chi connectivity index (χ4v) is 1.50. The molecule has 0 saturated heterocycles. The fraction of sp³-hybridized carbons (Fsp3) is 0.182. The average molecular weight is 328 g/mol. The Kier molecular flexibility index (Phi) is 2.68. The summed E-state index contributed by atoms with van der Waals surface area (Å²) in [7, 11) is 0. The normalized spacial score (nSPS) is 14.7. The Morgan fingerprint density at radius 2 is 2.00 bits per heavy atom. The van der Waals surface area contributed by atoms with Crippen molar-refractivity contribution in [2.45, 2.75) is 6.56 Å². The topological polar surface area (TPSA) is 156 Å². The smallest absolute Gasteiger partial charge is 0.434 e. The van der Waals surface area contributed by atoms with Crippen molar-refractivity contribution in [3.8, 4) is 5.75 Å². The zero-order valence-corrected chi connectivity index (χ0v) is 10.9. The van der Waals surface area contributed by atoms with Crippen LogP contribution < -0.4 is 4.74 Å². The van der Waals surface area contributed by atoms with E-state index in [-0.39, 0.29) is 4.57 Å². The van der Waals surface area contributed by atoms with Crippen LogP contribution in [-0.2, 0) is 13.5 Å². The van der Waals surface area contributed by atoms with E-state index in [1.54, 1.807) is 0 Å². The molecule has 0 spiro atoms. The number of benzene rings is 1. The molecule has 0 atom stereocenters. The lowest BCUT2D eigenvalue weighted by Crippen LogP contribution is -2.06. The molecule has 12 nitrogen and oxygen atoms in total. The Balaban J connectivity index is 2.58. The van der Waals surface area contributed by atoms with Crippen LogP contribution in [0.3, 0.4) is 0 Å². The van der Waals surface area contributed by atoms with E-state index in [4.69, 9.17) is 11.6 Å². The van der Waals surface area contributed by atoms with Gasteiger partial charge in [-0.05, 0) is 11.0 Å². The SMILES string of the molecule is [2H]C([2H])(Oc1ccc([N+](=O)[O-])cc1[N+](=O)[O-])c1cnc([N+](=O)[O-])n1C([2H])([2H])[2H]. The second-order valence-electron chi connectivity index (χ2n) is 3.91. The molecular formula is C11H9N5O7. The molecule has 0 aliphatic rings. The summed E-state index contributed by atoms with van der Waals surface area (Å²) < 4.78 is 42.8. The number of hydrogen-bond donors (Lipinski definition) is 0. The summed E-state index contributed by atoms with van der Waals surface area (Å²) in [5.74, 6) is -1.96. The molecule has 0 amide bonds. The van der Waals surface area contributed by atoms with Gasteiger partial charge >= 0.3 is 11.6 Å². The molecule has 0 radical (unpaired) electrons. The van der Waals surface area contributed by atoms with Gasteiger partial charge in [-0.2, -0.15) is 0 Å². The number of aromatic nitrogens is 2. The van der Waals surface area contributed by atoms with Crippen LogP contribution in [0.1, 0.15) is 12.5 Å². The molecule has 0 N–H and O–H groups in total. The third-order valence-corrected chi connectivity index (χ3v) is 2.52. The number of ether oxygens (including phenoxy) is 1. The molecular weight excluding hydrogens is 314 g/mol. The summed E-state index contributed by atoms with van der Waals surface area (Å²) in [6.45, 7) is -6.34. The van der Waals surface area contributed by atoms with Crippen LogP contribution >= 0.6 is 0 Å². The molecule has 0 aliphatic heterocycles. The van der Waals surface area contributed by atoms with Gasteiger partial charge in [0.25, 0.3) is 5.69 Å². The summed E-state index contributed by atoms with van der Waals surface area (Å²) in [4.78, 5) is 32.9. The van der Waals surface area contributed by atoms with E-state index in [9.17, 15) is 30.3 Å². The molecule has 2 rings (SSSR count). The van der Waals surface area contributed by atoms with Gasteiger partial charge in [-0.15, -0.1) is 0 Å². The predicted molar refractivity (Wildman–Crippen MR) is 73.9 cm³/mol. The number of rotatable bonds is 6. The van der Waals surface area contributed by atoms with Gasteiger partial charge in [0.05, 0.1) is 29.7 Å². The lowest BCUT2D eigenvalue weighted by atomic mass is 10.2. The van der Waals surface area contributed by atoms with Crippen LogP contribution in [0.2, 0.25) is 0 Å². The highest BCUT2D eigenvalue weighted by Gasteiger charge is 2.22. The summed E-state index contributed by atoms with van der Waals surface area (Å²) in [5.41, 5.74) is -2.54. The molecule has 120 valence electrons. The molecule has 0 bridgehead atoms. The Bertz CT molecular complexity index is 973. The first-order valence-electron chi connectivity index (χ1n) is 8.10. The van der Waals surface area contributed by atoms with Crippen LogP contribution in [-0.4, -0.2) is 24.3 Å². The van der Waals surface area contributed by atoms with E-state index in [1.165, 1.54) is 0 Å². The quantitative estimate of drug-likeness (QED) is 0.572. The van der Waals surface area contributed by atoms with Crippen molar-refractivity contribution in [1.29, 1.82) is 0 Å². The zero-order valence-electron chi connectivity index (χ0n) is 15.9. The Morgan fingerprint density at radius 3 is 2.57 bits per heavy atom. The third kappa shape index (κ3) is 3.20. The second kappa shape index (κ2) is 6.05. The highest BCUT2D eigenvalue weighted by atomic mass is 16.6. The summed E-state index contributed by atoms with van der Waals surface area (Å²) in [6.07, 6.45) is 0.543. The Hall–Kier alpha value is -3.57. The Morgan fingerprint density at radius 1 is 1.26 bits per heavy atom. The van der Waals surface area contributed by atoms with Crippen molar-refractivity contribution in [2.24, 2.45) is 6.98 Å². The van der Waals surface area contributed by atoms with Crippen molar-refractivity contribution in [3.05, 3.63) is 60.4 Å². The fourth-order valence-electron chi connectivity index (χ4n) is 1.50. The van der Waals surface area contributed by atoms with Crippen LogP contribution in [0.5, 0.6) is 5.75 Å². The van der Waals surface area contributed by atoms with Crippen molar-refractivity contribution in [2.75, 3.05) is 0 Å². The van der Waals surface area contributed by atoms with Crippen molar-refractivity contribution >= 4 is 17.3 Å². The Labute approximate surface area is 134 Å². The lowest BCUT2D eigenvalue weighted by molar-refractivity contribution is -0.396. The van der Waals surface area contributed by atoms with E-state index < -0.39 is 57.1 Å². The van der Waals surface area contributed by atoms with Gasteiger partial charge < -0.3 is 14.9 Å². The van der Waals surface area contributed by atoms with Gasteiger partial charge in [-0.3, -0.25) is 20.2 Å². The highest BCUT2D eigenvalue weighted by Crippen LogP contribution is 2.31. The van der Waals surface area contributed by atoms with Crippen molar-refractivity contribution in [1.82, 2.24) is 9.55 Å². The van der Waals surface area contributed by atoms with Crippen molar-refractivity contribution in [3.63, 3.8) is 0 Å². The van der Waals surface area contributed by atoms with E-state index in [1.807, 2.05) is 0 Å². The maximum absolute atomic E-state index is 11.1. The van der Waals surface area contributed by atoms with Gasteiger partial charge in [-0.1, -0.05) is 4.98 Å². The van der Waals surface area contributed by atoms with Crippen LogP contribution in [0.4, 0.5) is 17.3 Å². The molecule has 0 unspecified atom stereocenters. The number of non-ortho nitro benzene ring substituents is 1. The maximum atomic E-state index is 11.1. The minimum Gasteiger partial charge on any atom is -0.479 e. The van der Waals surface area contributed by atoms with Gasteiger partial charge in [0.2, 0.25) is 0 Å². The molecule has 23 heavy (non-hydrogen) atoms. The number of nitro benzene ring substituents is 2. The minimum absolute atomic E-state index is 0.00419. The first-order chi connectivity index (χ1) is 12.8. The van der Waals surface area contributed by atoms with E-state index in [2.05, 4.69) is 4.98 Å². The van der Waals surface area contributed by atoms with Gasteiger partial charge in [0, 0.05) is 6.07 Å². The summed E-state index contributed by atoms with van der Waals surface area (Å²) in [6, 6.07) is 2.08. The van der Waals surface area contributed by atoms with Gasteiger partial charge in [0.15, 0.2) is 11.4 Å². The largest absolute Gasteiger partial charge is 0.479 e. The second-order valence-corrected chi connectivity index (χ2v) is 3.91. The molecule has 0 saturated carbocycles. The molecule has 2 aromatic rings. The maximum Gasteiger partial charge on any atom is 0.434 e. The zero-order chi connectivity index (χ0) is 21.4. The number of hydrogen-bond acceptors (Lipinski definition) is 8. The third-order valence-electron chi connectivity index (χ3n) is 2.52. The van der Waals surface area contributed by atoms with Gasteiger partial charge in [0.1, 0.15) is 12.8 Å². The summed E-state index contributed by atoms with van der Waals surface area (Å²) >= 11 is 0. The van der Waals surface area contributed by atoms with Gasteiger partial charge in [-0.25, -0.2) is 4.57 Å². The first-order valence-corrected chi connectivity index (χ1v) is 5.60. The molecule has 1 heterocycles. The molecule has 12 heteroatoms. The van der Waals surface area contributed by atoms with Crippen LogP contribution in [0.25, 0.3) is 0 Å². The monoisotopic (exact) mass is 328 g/mol. The molecule has 0 aliphatic carbocycles.